The van der Waals surface area contributed by atoms with Crippen molar-refractivity contribution in [3.05, 3.63) is 96.1 Å². The van der Waals surface area contributed by atoms with E-state index in [2.05, 4.69) is 29.2 Å². The molecule has 31 heavy (non-hydrogen) atoms. The molecule has 4 heteroatoms. The van der Waals surface area contributed by atoms with E-state index in [4.69, 9.17) is 4.74 Å². The van der Waals surface area contributed by atoms with Crippen LogP contribution >= 0.6 is 0 Å². The van der Waals surface area contributed by atoms with Gasteiger partial charge in [0, 0.05) is 26.7 Å². The van der Waals surface area contributed by atoms with Crippen LogP contribution in [0.15, 0.2) is 84.9 Å². The Bertz CT molecular complexity index is 975. The van der Waals surface area contributed by atoms with E-state index in [1.54, 1.807) is 0 Å². The lowest BCUT2D eigenvalue weighted by molar-refractivity contribution is -0.136. The number of carbonyl (C=O) groups excluding carboxylic acids is 1. The number of nitrogens with zero attached hydrogens (tertiary/aromatic N) is 2. The largest absolute Gasteiger partial charge is 0.457 e. The molecule has 0 bridgehead atoms. The van der Waals surface area contributed by atoms with Crippen molar-refractivity contribution < 1.29 is 9.53 Å². The molecule has 0 aromatic heterocycles. The predicted octanol–water partition coefficient (Wildman–Crippen LogP) is 5.35. The zero-order valence-electron chi connectivity index (χ0n) is 18.1. The van der Waals surface area contributed by atoms with Crippen molar-refractivity contribution in [2.45, 2.75) is 25.9 Å². The second-order valence-electron chi connectivity index (χ2n) is 8.32. The SMILES string of the molecule is CN(Cc1ccccc1)C(=O)C1CCCN(Cc2cccc(Oc3ccccc3)c2)C1. The number of para-hydroxylation sites is 1. The number of hydrogen-bond donors (Lipinski definition) is 0. The smallest absolute Gasteiger partial charge is 0.227 e. The summed E-state index contributed by atoms with van der Waals surface area (Å²) in [6.07, 6.45) is 2.02. The minimum absolute atomic E-state index is 0.0613. The molecular formula is C27H30N2O2. The molecule has 1 heterocycles. The minimum atomic E-state index is 0.0613. The van der Waals surface area contributed by atoms with E-state index in [-0.39, 0.29) is 11.8 Å². The van der Waals surface area contributed by atoms with Gasteiger partial charge in [0.25, 0.3) is 0 Å². The highest BCUT2D eigenvalue weighted by Gasteiger charge is 2.28. The summed E-state index contributed by atoms with van der Waals surface area (Å²) < 4.78 is 5.98. The van der Waals surface area contributed by atoms with Gasteiger partial charge in [-0.25, -0.2) is 0 Å². The normalized spacial score (nSPS) is 16.6. The monoisotopic (exact) mass is 414 g/mol. The number of rotatable bonds is 7. The molecule has 0 spiro atoms. The number of ether oxygens (including phenoxy) is 1. The zero-order chi connectivity index (χ0) is 21.5. The first kappa shape index (κ1) is 21.1. The Labute approximate surface area is 185 Å². The fourth-order valence-electron chi connectivity index (χ4n) is 4.24. The Kier molecular flexibility index (Phi) is 7.00. The Hall–Kier alpha value is -3.11. The number of piperidine rings is 1. The van der Waals surface area contributed by atoms with Crippen LogP contribution < -0.4 is 4.74 Å². The summed E-state index contributed by atoms with van der Waals surface area (Å²) in [7, 11) is 1.92. The average molecular weight is 415 g/mol. The van der Waals surface area contributed by atoms with E-state index in [9.17, 15) is 4.79 Å². The first-order chi connectivity index (χ1) is 15.2. The van der Waals surface area contributed by atoms with Crippen LogP contribution in [0.3, 0.4) is 0 Å². The van der Waals surface area contributed by atoms with Gasteiger partial charge in [0.2, 0.25) is 5.91 Å². The highest BCUT2D eigenvalue weighted by Crippen LogP contribution is 2.25. The van der Waals surface area contributed by atoms with Gasteiger partial charge < -0.3 is 9.64 Å². The average Bonchev–Trinajstić information content (AvgIpc) is 2.80. The first-order valence-corrected chi connectivity index (χ1v) is 11.0. The van der Waals surface area contributed by atoms with Gasteiger partial charge in [-0.15, -0.1) is 0 Å². The van der Waals surface area contributed by atoms with Crippen molar-refractivity contribution in [3.8, 4) is 11.5 Å². The van der Waals surface area contributed by atoms with E-state index in [0.717, 1.165) is 44.0 Å². The Morgan fingerprint density at radius 1 is 0.935 bits per heavy atom. The predicted molar refractivity (Wildman–Crippen MR) is 124 cm³/mol. The molecule has 4 rings (SSSR count). The lowest BCUT2D eigenvalue weighted by atomic mass is 9.96. The van der Waals surface area contributed by atoms with Crippen LogP contribution in [0.4, 0.5) is 0 Å². The number of likely N-dealkylation sites (tertiary alicyclic amines) is 1. The minimum Gasteiger partial charge on any atom is -0.457 e. The third-order valence-corrected chi connectivity index (χ3v) is 5.78. The third-order valence-electron chi connectivity index (χ3n) is 5.78. The molecule has 0 radical (unpaired) electrons. The van der Waals surface area contributed by atoms with Gasteiger partial charge in [-0.3, -0.25) is 9.69 Å². The second-order valence-corrected chi connectivity index (χ2v) is 8.32. The fourth-order valence-corrected chi connectivity index (χ4v) is 4.24. The van der Waals surface area contributed by atoms with Crippen LogP contribution in [0.25, 0.3) is 0 Å². The summed E-state index contributed by atoms with van der Waals surface area (Å²) in [6.45, 7) is 3.32. The van der Waals surface area contributed by atoms with E-state index >= 15 is 0 Å². The van der Waals surface area contributed by atoms with Gasteiger partial charge in [0.1, 0.15) is 11.5 Å². The highest BCUT2D eigenvalue weighted by atomic mass is 16.5. The lowest BCUT2D eigenvalue weighted by Gasteiger charge is -2.34. The first-order valence-electron chi connectivity index (χ1n) is 11.0. The maximum Gasteiger partial charge on any atom is 0.227 e. The van der Waals surface area contributed by atoms with E-state index in [0.29, 0.717) is 6.54 Å². The van der Waals surface area contributed by atoms with Crippen molar-refractivity contribution >= 4 is 5.91 Å². The van der Waals surface area contributed by atoms with Crippen molar-refractivity contribution in [1.82, 2.24) is 9.80 Å². The van der Waals surface area contributed by atoms with Gasteiger partial charge in [-0.1, -0.05) is 60.7 Å². The van der Waals surface area contributed by atoms with Crippen LogP contribution in [0.5, 0.6) is 11.5 Å². The molecule has 1 aliphatic heterocycles. The standard InChI is InChI=1S/C27H30N2O2/c1-28(19-22-10-4-2-5-11-22)27(30)24-13-9-17-29(21-24)20-23-12-8-16-26(18-23)31-25-14-6-3-7-15-25/h2-8,10-12,14-16,18,24H,9,13,17,19-21H2,1H3. The van der Waals surface area contributed by atoms with Gasteiger partial charge in [0.05, 0.1) is 5.92 Å². The van der Waals surface area contributed by atoms with Gasteiger partial charge in [-0.05, 0) is 54.8 Å². The molecular weight excluding hydrogens is 384 g/mol. The summed E-state index contributed by atoms with van der Waals surface area (Å²) in [5.74, 6) is 1.99. The zero-order valence-corrected chi connectivity index (χ0v) is 18.1. The summed E-state index contributed by atoms with van der Waals surface area (Å²) in [5.41, 5.74) is 2.38. The van der Waals surface area contributed by atoms with Gasteiger partial charge >= 0.3 is 0 Å². The fraction of sp³-hybridized carbons (Fsp3) is 0.296. The summed E-state index contributed by atoms with van der Waals surface area (Å²) >= 11 is 0. The molecule has 4 nitrogen and oxygen atoms in total. The molecule has 0 aliphatic carbocycles. The molecule has 1 unspecified atom stereocenters. The molecule has 0 saturated carbocycles. The quantitative estimate of drug-likeness (QED) is 0.522. The van der Waals surface area contributed by atoms with E-state index in [1.165, 1.54) is 11.1 Å². The molecule has 1 atom stereocenters. The van der Waals surface area contributed by atoms with Crippen molar-refractivity contribution in [3.63, 3.8) is 0 Å². The summed E-state index contributed by atoms with van der Waals surface area (Å²) in [6, 6.07) is 28.3. The van der Waals surface area contributed by atoms with Crippen LogP contribution in [-0.2, 0) is 17.9 Å². The van der Waals surface area contributed by atoms with Gasteiger partial charge in [0.15, 0.2) is 0 Å². The summed E-state index contributed by atoms with van der Waals surface area (Å²) in [5, 5.41) is 0. The van der Waals surface area contributed by atoms with Crippen molar-refractivity contribution in [2.75, 3.05) is 20.1 Å². The number of amides is 1. The third kappa shape index (κ3) is 5.96. The second kappa shape index (κ2) is 10.3. The molecule has 3 aromatic carbocycles. The van der Waals surface area contributed by atoms with Crippen molar-refractivity contribution in [2.24, 2.45) is 5.92 Å². The van der Waals surface area contributed by atoms with E-state index in [1.807, 2.05) is 72.6 Å². The molecule has 1 saturated heterocycles. The molecule has 160 valence electrons. The number of hydrogen-bond acceptors (Lipinski definition) is 3. The van der Waals surface area contributed by atoms with Crippen LogP contribution in [-0.4, -0.2) is 35.8 Å². The van der Waals surface area contributed by atoms with Crippen LogP contribution in [0.1, 0.15) is 24.0 Å². The summed E-state index contributed by atoms with van der Waals surface area (Å²) in [4.78, 5) is 17.3. The number of carbonyl (C=O) groups is 1. The molecule has 1 aliphatic rings. The van der Waals surface area contributed by atoms with E-state index < -0.39 is 0 Å². The van der Waals surface area contributed by atoms with Crippen molar-refractivity contribution in [1.29, 1.82) is 0 Å². The Morgan fingerprint density at radius 2 is 1.61 bits per heavy atom. The molecule has 3 aromatic rings. The molecule has 1 fully saturated rings. The lowest BCUT2D eigenvalue weighted by Crippen LogP contribution is -2.43. The Balaban J connectivity index is 1.34. The Morgan fingerprint density at radius 3 is 2.39 bits per heavy atom. The molecule has 1 amide bonds. The highest BCUT2D eigenvalue weighted by molar-refractivity contribution is 5.79. The van der Waals surface area contributed by atoms with Crippen LogP contribution in [0, 0.1) is 5.92 Å². The molecule has 0 N–H and O–H groups in total. The van der Waals surface area contributed by atoms with Gasteiger partial charge in [-0.2, -0.15) is 0 Å². The maximum atomic E-state index is 13.0. The number of benzene rings is 3. The topological polar surface area (TPSA) is 32.8 Å². The van der Waals surface area contributed by atoms with Crippen LogP contribution in [0.2, 0.25) is 0 Å². The maximum absolute atomic E-state index is 13.0.